The van der Waals surface area contributed by atoms with Crippen molar-refractivity contribution < 1.29 is 18.7 Å². The summed E-state index contributed by atoms with van der Waals surface area (Å²) in [5, 5.41) is 1.88. The molecule has 5 heteroatoms. The van der Waals surface area contributed by atoms with Crippen LogP contribution in [0.25, 0.3) is 22.1 Å². The topological polar surface area (TPSA) is 61.6 Å². The highest BCUT2D eigenvalue weighted by Gasteiger charge is 2.16. The molecule has 2 heterocycles. The van der Waals surface area contributed by atoms with Gasteiger partial charge in [0, 0.05) is 23.4 Å². The molecule has 0 spiro atoms. The summed E-state index contributed by atoms with van der Waals surface area (Å²) >= 11 is 0. The van der Waals surface area contributed by atoms with Gasteiger partial charge in [-0.05, 0) is 37.1 Å². The van der Waals surface area contributed by atoms with Crippen LogP contribution in [0.15, 0.2) is 34.9 Å². The number of hydrogen-bond donors (Lipinski definition) is 0. The SMILES string of the molecule is CCOC(=O)CCc1ccc(OC)c2oc3ncccc3c12. The van der Waals surface area contributed by atoms with Crippen LogP contribution < -0.4 is 4.74 Å². The lowest BCUT2D eigenvalue weighted by molar-refractivity contribution is -0.143. The monoisotopic (exact) mass is 299 g/mol. The number of benzene rings is 1. The van der Waals surface area contributed by atoms with Crippen molar-refractivity contribution in [3.8, 4) is 5.75 Å². The van der Waals surface area contributed by atoms with E-state index in [1.54, 1.807) is 20.2 Å². The van der Waals surface area contributed by atoms with Crippen molar-refractivity contribution in [2.45, 2.75) is 19.8 Å². The van der Waals surface area contributed by atoms with Gasteiger partial charge < -0.3 is 13.9 Å². The number of ether oxygens (including phenoxy) is 2. The molecule has 0 amide bonds. The Morgan fingerprint density at radius 2 is 2.18 bits per heavy atom. The first-order chi connectivity index (χ1) is 10.7. The van der Waals surface area contributed by atoms with E-state index < -0.39 is 0 Å². The summed E-state index contributed by atoms with van der Waals surface area (Å²) in [4.78, 5) is 15.8. The molecule has 0 saturated heterocycles. The van der Waals surface area contributed by atoms with E-state index in [4.69, 9.17) is 13.9 Å². The van der Waals surface area contributed by atoms with Crippen molar-refractivity contribution in [3.63, 3.8) is 0 Å². The largest absolute Gasteiger partial charge is 0.493 e. The fraction of sp³-hybridized carbons (Fsp3) is 0.294. The Hall–Kier alpha value is -2.56. The number of fused-ring (bicyclic) bond motifs is 3. The van der Waals surface area contributed by atoms with E-state index in [0.717, 1.165) is 16.3 Å². The molecule has 0 aliphatic carbocycles. The minimum absolute atomic E-state index is 0.197. The number of carbonyl (C=O) groups excluding carboxylic acids is 1. The first-order valence-corrected chi connectivity index (χ1v) is 7.23. The van der Waals surface area contributed by atoms with Crippen LogP contribution in [-0.2, 0) is 16.0 Å². The van der Waals surface area contributed by atoms with Crippen LogP contribution in [0.4, 0.5) is 0 Å². The molecule has 2 aromatic heterocycles. The van der Waals surface area contributed by atoms with Crippen molar-refractivity contribution in [2.75, 3.05) is 13.7 Å². The van der Waals surface area contributed by atoms with E-state index in [0.29, 0.717) is 36.5 Å². The number of rotatable bonds is 5. The molecule has 0 fully saturated rings. The van der Waals surface area contributed by atoms with E-state index in [2.05, 4.69) is 4.98 Å². The summed E-state index contributed by atoms with van der Waals surface area (Å²) in [6, 6.07) is 7.64. The van der Waals surface area contributed by atoms with Crippen molar-refractivity contribution >= 4 is 28.0 Å². The van der Waals surface area contributed by atoms with Crippen molar-refractivity contribution in [1.29, 1.82) is 0 Å². The molecule has 1 aromatic carbocycles. The Morgan fingerprint density at radius 1 is 1.32 bits per heavy atom. The fourth-order valence-corrected chi connectivity index (χ4v) is 2.60. The second kappa shape index (κ2) is 6.05. The lowest BCUT2D eigenvalue weighted by Gasteiger charge is -2.06. The van der Waals surface area contributed by atoms with Gasteiger partial charge in [0.2, 0.25) is 5.71 Å². The number of hydrogen-bond acceptors (Lipinski definition) is 5. The minimum Gasteiger partial charge on any atom is -0.493 e. The molecule has 0 aliphatic heterocycles. The zero-order valence-electron chi connectivity index (χ0n) is 12.6. The Balaban J connectivity index is 2.08. The molecule has 0 N–H and O–H groups in total. The zero-order chi connectivity index (χ0) is 15.5. The number of carbonyl (C=O) groups is 1. The van der Waals surface area contributed by atoms with Gasteiger partial charge in [0.15, 0.2) is 11.3 Å². The van der Waals surface area contributed by atoms with E-state index >= 15 is 0 Å². The van der Waals surface area contributed by atoms with E-state index in [1.165, 1.54) is 0 Å². The van der Waals surface area contributed by atoms with Gasteiger partial charge in [0.05, 0.1) is 13.7 Å². The zero-order valence-corrected chi connectivity index (χ0v) is 12.6. The third kappa shape index (κ3) is 2.50. The predicted molar refractivity (Wildman–Crippen MR) is 83.0 cm³/mol. The van der Waals surface area contributed by atoms with Crippen LogP contribution in [-0.4, -0.2) is 24.7 Å². The highest BCUT2D eigenvalue weighted by molar-refractivity contribution is 6.07. The molecule has 0 unspecified atom stereocenters. The molecule has 0 bridgehead atoms. The normalized spacial score (nSPS) is 11.0. The standard InChI is InChI=1S/C17H17NO4/c1-3-21-14(19)9-7-11-6-8-13(20-2)16-15(11)12-5-4-10-18-17(12)22-16/h4-6,8,10H,3,7,9H2,1-2H3. The number of methoxy groups -OCH3 is 1. The summed E-state index contributed by atoms with van der Waals surface area (Å²) in [6.45, 7) is 2.20. The van der Waals surface area contributed by atoms with Gasteiger partial charge in [0.25, 0.3) is 0 Å². The molecule has 3 rings (SSSR count). The lowest BCUT2D eigenvalue weighted by atomic mass is 10.0. The second-order valence-corrected chi connectivity index (χ2v) is 4.89. The number of pyridine rings is 1. The minimum atomic E-state index is -0.197. The van der Waals surface area contributed by atoms with Gasteiger partial charge >= 0.3 is 5.97 Å². The van der Waals surface area contributed by atoms with Crippen molar-refractivity contribution in [3.05, 3.63) is 36.0 Å². The maximum absolute atomic E-state index is 11.6. The average molecular weight is 299 g/mol. The predicted octanol–water partition coefficient (Wildman–Crippen LogP) is 3.49. The van der Waals surface area contributed by atoms with Crippen molar-refractivity contribution in [1.82, 2.24) is 4.98 Å². The number of furan rings is 1. The Bertz CT molecular complexity index is 822. The maximum atomic E-state index is 11.6. The maximum Gasteiger partial charge on any atom is 0.306 e. The molecule has 3 aromatic rings. The molecular formula is C17H17NO4. The molecule has 22 heavy (non-hydrogen) atoms. The molecule has 0 aliphatic rings. The Labute approximate surface area is 127 Å². The van der Waals surface area contributed by atoms with E-state index in [9.17, 15) is 4.79 Å². The second-order valence-electron chi connectivity index (χ2n) is 4.89. The summed E-state index contributed by atoms with van der Waals surface area (Å²) < 4.78 is 16.2. The third-order valence-corrected chi connectivity index (χ3v) is 3.57. The Morgan fingerprint density at radius 3 is 2.95 bits per heavy atom. The highest BCUT2D eigenvalue weighted by atomic mass is 16.5. The molecular weight excluding hydrogens is 282 g/mol. The smallest absolute Gasteiger partial charge is 0.306 e. The molecule has 0 saturated carbocycles. The Kier molecular flexibility index (Phi) is 3.96. The summed E-state index contributed by atoms with van der Waals surface area (Å²) in [6.07, 6.45) is 2.61. The van der Waals surface area contributed by atoms with Crippen LogP contribution in [0.5, 0.6) is 5.75 Å². The van der Waals surface area contributed by atoms with E-state index in [-0.39, 0.29) is 5.97 Å². The van der Waals surface area contributed by atoms with Gasteiger partial charge in [-0.25, -0.2) is 4.98 Å². The number of aromatic nitrogens is 1. The average Bonchev–Trinajstić information content (AvgIpc) is 2.92. The van der Waals surface area contributed by atoms with Gasteiger partial charge in [-0.2, -0.15) is 0 Å². The van der Waals surface area contributed by atoms with Gasteiger partial charge in [-0.1, -0.05) is 6.07 Å². The van der Waals surface area contributed by atoms with Crippen LogP contribution in [0.1, 0.15) is 18.9 Å². The summed E-state index contributed by atoms with van der Waals surface area (Å²) in [5.41, 5.74) is 2.26. The number of aryl methyl sites for hydroxylation is 1. The van der Waals surface area contributed by atoms with Crippen molar-refractivity contribution in [2.24, 2.45) is 0 Å². The number of nitrogens with zero attached hydrogens (tertiary/aromatic N) is 1. The van der Waals surface area contributed by atoms with Crippen LogP contribution in [0.3, 0.4) is 0 Å². The van der Waals surface area contributed by atoms with Crippen LogP contribution in [0, 0.1) is 0 Å². The van der Waals surface area contributed by atoms with Gasteiger partial charge in [0.1, 0.15) is 0 Å². The molecule has 5 nitrogen and oxygen atoms in total. The third-order valence-electron chi connectivity index (χ3n) is 3.57. The quantitative estimate of drug-likeness (QED) is 0.675. The highest BCUT2D eigenvalue weighted by Crippen LogP contribution is 2.36. The van der Waals surface area contributed by atoms with Gasteiger partial charge in [-0.3, -0.25) is 4.79 Å². The lowest BCUT2D eigenvalue weighted by Crippen LogP contribution is -2.05. The fourth-order valence-electron chi connectivity index (χ4n) is 2.60. The molecule has 114 valence electrons. The van der Waals surface area contributed by atoms with Crippen LogP contribution >= 0.6 is 0 Å². The molecule has 0 radical (unpaired) electrons. The van der Waals surface area contributed by atoms with E-state index in [1.807, 2.05) is 24.3 Å². The summed E-state index contributed by atoms with van der Waals surface area (Å²) in [7, 11) is 1.60. The van der Waals surface area contributed by atoms with Gasteiger partial charge in [-0.15, -0.1) is 0 Å². The number of esters is 1. The van der Waals surface area contributed by atoms with Crippen LogP contribution in [0.2, 0.25) is 0 Å². The summed E-state index contributed by atoms with van der Waals surface area (Å²) in [5.74, 6) is 0.463. The first kappa shape index (κ1) is 14.4. The molecule has 0 atom stereocenters. The first-order valence-electron chi connectivity index (χ1n) is 7.23.